The van der Waals surface area contributed by atoms with Crippen molar-refractivity contribution in [3.8, 4) is 11.5 Å². The van der Waals surface area contributed by atoms with Gasteiger partial charge < -0.3 is 50.5 Å². The Labute approximate surface area is 221 Å². The second-order valence-electron chi connectivity index (χ2n) is 11.0. The molecule has 1 unspecified atom stereocenters. The summed E-state index contributed by atoms with van der Waals surface area (Å²) in [5.74, 6) is 1.49. The summed E-state index contributed by atoms with van der Waals surface area (Å²) in [4.78, 5) is 10.5. The lowest BCUT2D eigenvalue weighted by Crippen LogP contribution is -3.00. The fourth-order valence-corrected chi connectivity index (χ4v) is 7.78. The lowest BCUT2D eigenvalue weighted by molar-refractivity contribution is -0.173. The van der Waals surface area contributed by atoms with Crippen LogP contribution in [-0.2, 0) is 18.3 Å². The van der Waals surface area contributed by atoms with Gasteiger partial charge in [-0.25, -0.2) is 4.99 Å². The van der Waals surface area contributed by atoms with Gasteiger partial charge in [-0.05, 0) is 73.5 Å². The maximum atomic E-state index is 12.8. The number of aromatic amines is 1. The van der Waals surface area contributed by atoms with Gasteiger partial charge in [0.2, 0.25) is 0 Å². The highest BCUT2D eigenvalue weighted by Crippen LogP contribution is 2.69. The number of nitrogens with two attached hydrogens (primary N) is 1. The minimum absolute atomic E-state index is 0. The van der Waals surface area contributed by atoms with Gasteiger partial charge in [0, 0.05) is 35.5 Å². The molecule has 1 aromatic heterocycles. The van der Waals surface area contributed by atoms with Crippen molar-refractivity contribution in [2.24, 2.45) is 16.6 Å². The number of aliphatic imine (C=N–C) groups is 1. The Morgan fingerprint density at radius 1 is 1.22 bits per heavy atom. The van der Waals surface area contributed by atoms with E-state index in [1.807, 2.05) is 24.3 Å². The Bertz CT molecular complexity index is 1420. The second-order valence-corrected chi connectivity index (χ2v) is 11.0. The summed E-state index contributed by atoms with van der Waals surface area (Å²) in [6.07, 6.45) is 5.70. The Kier molecular flexibility index (Phi) is 5.17. The Morgan fingerprint density at radius 2 is 2.06 bits per heavy atom. The number of fused-ring (bicyclic) bond motifs is 4. The second kappa shape index (κ2) is 7.78. The van der Waals surface area contributed by atoms with E-state index < -0.39 is 11.0 Å². The average molecular weight is 527 g/mol. The standard InChI is InChI=1S/C27H28N4O3.2ClH/c28-13-29-16-4-5-19-17(10-16)18-11-27(33)21-9-15-3-6-20(32)24-22(15)26(27,25(34-24)23(18)30-19)7-8-31(21)12-14-1-2-14;;/h3-6,10,13-14,21,25,30,32-33H,1-2,7-9,11-12H2,(H2,28,29);2*1H/p-2/t21?,25-,26-,27+;;/m0../s1. The van der Waals surface area contributed by atoms with Crippen molar-refractivity contribution in [2.75, 3.05) is 13.1 Å². The van der Waals surface area contributed by atoms with Crippen molar-refractivity contribution in [3.63, 3.8) is 0 Å². The van der Waals surface area contributed by atoms with Crippen molar-refractivity contribution in [3.05, 3.63) is 52.7 Å². The van der Waals surface area contributed by atoms with Crippen molar-refractivity contribution in [2.45, 2.75) is 55.3 Å². The number of aliphatic hydroxyl groups is 1. The van der Waals surface area contributed by atoms with Crippen LogP contribution in [0, 0.1) is 5.92 Å². The van der Waals surface area contributed by atoms with Crippen LogP contribution in [0.25, 0.3) is 10.9 Å². The Hall–Kier alpha value is -2.45. The number of phenols is 1. The fourth-order valence-electron chi connectivity index (χ4n) is 7.78. The normalized spacial score (nSPS) is 31.4. The third-order valence-corrected chi connectivity index (χ3v) is 9.37. The third-order valence-electron chi connectivity index (χ3n) is 9.37. The maximum Gasteiger partial charge on any atom is 0.166 e. The number of piperidine rings is 1. The molecule has 4 atom stereocenters. The van der Waals surface area contributed by atoms with Crippen LogP contribution in [-0.4, -0.2) is 51.2 Å². The van der Waals surface area contributed by atoms with Crippen LogP contribution in [0.2, 0.25) is 0 Å². The first-order valence-electron chi connectivity index (χ1n) is 12.4. The number of H-pyrrole nitrogens is 1. The first-order valence-corrected chi connectivity index (χ1v) is 12.4. The number of halogens is 2. The van der Waals surface area contributed by atoms with E-state index in [2.05, 4.69) is 14.9 Å². The number of hydrogen-bond acceptors (Lipinski definition) is 5. The highest BCUT2D eigenvalue weighted by Gasteiger charge is 2.72. The molecule has 5 aliphatic rings. The van der Waals surface area contributed by atoms with E-state index in [1.165, 1.54) is 24.7 Å². The molecule has 1 saturated heterocycles. The molecule has 2 fully saturated rings. The number of nitrogens with zero attached hydrogens (tertiary/aromatic N) is 2. The molecule has 3 aliphatic carbocycles. The molecule has 8 rings (SSSR count). The number of benzene rings is 2. The molecule has 0 radical (unpaired) electrons. The first kappa shape index (κ1) is 23.9. The molecule has 9 heteroatoms. The zero-order chi connectivity index (χ0) is 22.8. The molecule has 36 heavy (non-hydrogen) atoms. The highest BCUT2D eigenvalue weighted by molar-refractivity contribution is 5.89. The molecule has 2 bridgehead atoms. The first-order chi connectivity index (χ1) is 16.5. The van der Waals surface area contributed by atoms with Crippen LogP contribution in [0.1, 0.15) is 47.8 Å². The number of aromatic hydroxyl groups is 1. The van der Waals surface area contributed by atoms with Gasteiger partial charge in [-0.1, -0.05) is 6.07 Å². The third kappa shape index (κ3) is 2.75. The van der Waals surface area contributed by atoms with Gasteiger partial charge >= 0.3 is 0 Å². The highest BCUT2D eigenvalue weighted by atomic mass is 35.5. The SMILES string of the molecule is NC=Nc1ccc2[nH]c3c(c2c1)C[C@@]1(O)C2Cc4ccc(O)c5c4[C@@]1(CCN2CC1CC1)[C@H]3O5.[Cl-].[Cl-]. The van der Waals surface area contributed by atoms with Gasteiger partial charge in [-0.2, -0.15) is 0 Å². The number of ether oxygens (including phenoxy) is 1. The van der Waals surface area contributed by atoms with Gasteiger partial charge in [0.15, 0.2) is 17.6 Å². The molecule has 190 valence electrons. The molecule has 7 nitrogen and oxygen atoms in total. The predicted octanol–water partition coefficient (Wildman–Crippen LogP) is -2.80. The van der Waals surface area contributed by atoms with Crippen molar-refractivity contribution in [1.82, 2.24) is 9.88 Å². The van der Waals surface area contributed by atoms with Crippen molar-refractivity contribution < 1.29 is 39.8 Å². The van der Waals surface area contributed by atoms with E-state index in [-0.39, 0.29) is 42.7 Å². The lowest BCUT2D eigenvalue weighted by Gasteiger charge is -2.62. The zero-order valence-electron chi connectivity index (χ0n) is 19.7. The van der Waals surface area contributed by atoms with Crippen LogP contribution in [0.4, 0.5) is 5.69 Å². The minimum atomic E-state index is -0.980. The molecule has 3 heterocycles. The number of phenolic OH excluding ortho intramolecular Hbond substituents is 1. The Balaban J connectivity index is 0.00000120. The molecule has 0 amide bonds. The summed E-state index contributed by atoms with van der Waals surface area (Å²) in [5.41, 5.74) is 10.2. The smallest absolute Gasteiger partial charge is 0.166 e. The Morgan fingerprint density at radius 3 is 2.83 bits per heavy atom. The van der Waals surface area contributed by atoms with Crippen LogP contribution in [0.5, 0.6) is 11.5 Å². The lowest BCUT2D eigenvalue weighted by atomic mass is 9.49. The van der Waals surface area contributed by atoms with Crippen molar-refractivity contribution >= 4 is 22.9 Å². The summed E-state index contributed by atoms with van der Waals surface area (Å²) in [7, 11) is 0. The number of hydrogen-bond donors (Lipinski definition) is 4. The number of aromatic nitrogens is 1. The van der Waals surface area contributed by atoms with E-state index in [4.69, 9.17) is 10.5 Å². The van der Waals surface area contributed by atoms with Crippen LogP contribution in [0.15, 0.2) is 35.3 Å². The molecular formula is C27H28Cl2N4O3-2. The van der Waals surface area contributed by atoms with E-state index in [0.29, 0.717) is 12.2 Å². The maximum absolute atomic E-state index is 12.8. The minimum Gasteiger partial charge on any atom is -1.00 e. The fraction of sp³-hybridized carbons (Fsp3) is 0.444. The van der Waals surface area contributed by atoms with E-state index >= 15 is 0 Å². The molecule has 2 aliphatic heterocycles. The van der Waals surface area contributed by atoms with Gasteiger partial charge in [-0.15, -0.1) is 0 Å². The largest absolute Gasteiger partial charge is 1.00 e. The van der Waals surface area contributed by atoms with Crippen LogP contribution >= 0.6 is 0 Å². The van der Waals surface area contributed by atoms with Gasteiger partial charge in [0.05, 0.1) is 28.7 Å². The summed E-state index contributed by atoms with van der Waals surface area (Å²) >= 11 is 0. The van der Waals surface area contributed by atoms with E-state index in [0.717, 1.165) is 65.3 Å². The number of nitrogens with one attached hydrogen (secondary N) is 1. The number of likely N-dealkylation sites (tertiary alicyclic amines) is 1. The van der Waals surface area contributed by atoms with E-state index in [1.54, 1.807) is 6.07 Å². The van der Waals surface area contributed by atoms with Crippen LogP contribution in [0.3, 0.4) is 0 Å². The van der Waals surface area contributed by atoms with Gasteiger partial charge in [0.25, 0.3) is 0 Å². The average Bonchev–Trinajstić information content (AvgIpc) is 3.46. The predicted molar refractivity (Wildman–Crippen MR) is 129 cm³/mol. The summed E-state index contributed by atoms with van der Waals surface area (Å²) in [6, 6.07) is 9.85. The monoisotopic (exact) mass is 526 g/mol. The quantitative estimate of drug-likeness (QED) is 0.218. The summed E-state index contributed by atoms with van der Waals surface area (Å²) in [5, 5.41) is 24.7. The van der Waals surface area contributed by atoms with E-state index in [9.17, 15) is 10.2 Å². The van der Waals surface area contributed by atoms with Gasteiger partial charge in [-0.3, -0.25) is 4.90 Å². The van der Waals surface area contributed by atoms with Gasteiger partial charge in [0.1, 0.15) is 0 Å². The van der Waals surface area contributed by atoms with Crippen LogP contribution < -0.4 is 35.3 Å². The summed E-state index contributed by atoms with van der Waals surface area (Å²) < 4.78 is 6.63. The zero-order valence-corrected chi connectivity index (χ0v) is 21.2. The number of rotatable bonds is 3. The topological polar surface area (TPSA) is 107 Å². The summed E-state index contributed by atoms with van der Waals surface area (Å²) in [6.45, 7) is 2.01. The molecular weight excluding hydrogens is 499 g/mol. The molecule has 1 spiro atoms. The molecule has 3 aromatic rings. The molecule has 1 saturated carbocycles. The molecule has 5 N–H and O–H groups in total. The van der Waals surface area contributed by atoms with Crippen molar-refractivity contribution in [1.29, 1.82) is 0 Å². The molecule has 2 aromatic carbocycles.